The van der Waals surface area contributed by atoms with Gasteiger partial charge in [0.05, 0.1) is 16.8 Å². The third-order valence-electron chi connectivity index (χ3n) is 4.08. The molecule has 0 saturated heterocycles. The van der Waals surface area contributed by atoms with E-state index >= 15 is 0 Å². The first-order chi connectivity index (χ1) is 13.4. The Hall–Kier alpha value is -3.56. The van der Waals surface area contributed by atoms with E-state index in [1.54, 1.807) is 36.4 Å². The van der Waals surface area contributed by atoms with Gasteiger partial charge in [0.15, 0.2) is 5.71 Å². The Bertz CT molecular complexity index is 1220. The lowest BCUT2D eigenvalue weighted by atomic mass is 10.1. The van der Waals surface area contributed by atoms with Gasteiger partial charge in [-0.1, -0.05) is 18.2 Å². The second-order valence-electron chi connectivity index (χ2n) is 5.96. The lowest BCUT2D eigenvalue weighted by molar-refractivity contribution is -0.110. The third kappa shape index (κ3) is 3.48. The summed E-state index contributed by atoms with van der Waals surface area (Å²) in [5.41, 5.74) is 2.31. The minimum Gasteiger partial charge on any atom is -0.455 e. The fraction of sp³-hybridized carbons (Fsp3) is 0. The van der Waals surface area contributed by atoms with E-state index in [9.17, 15) is 13.2 Å². The van der Waals surface area contributed by atoms with Gasteiger partial charge in [-0.05, 0) is 42.5 Å². The van der Waals surface area contributed by atoms with Crippen molar-refractivity contribution in [2.75, 3.05) is 5.32 Å². The molecule has 0 bridgehead atoms. The van der Waals surface area contributed by atoms with E-state index in [1.165, 1.54) is 18.3 Å². The molecule has 140 valence electrons. The molecule has 1 aliphatic heterocycles. The van der Waals surface area contributed by atoms with Crippen LogP contribution in [-0.4, -0.2) is 26.3 Å². The molecule has 0 fully saturated rings. The molecule has 4 rings (SSSR count). The second-order valence-corrected chi connectivity index (χ2v) is 7.53. The summed E-state index contributed by atoms with van der Waals surface area (Å²) in [4.78, 5) is 12.0. The molecule has 0 aliphatic carbocycles. The average Bonchev–Trinajstić information content (AvgIpc) is 3.26. The van der Waals surface area contributed by atoms with Crippen molar-refractivity contribution in [2.24, 2.45) is 15.3 Å². The quantitative estimate of drug-likeness (QED) is 0.520. The molecule has 28 heavy (non-hydrogen) atoms. The standard InChI is InChI=1S/C19H14N4O4S/c20-28(25,26)14-8-5-12(6-9-14)17-10-7-13(27-17)11-21-23-18-15-3-1-2-4-16(15)22-19(18)24/h1-11H,(H2,20,25,26)(H,22,23,24). The maximum absolute atomic E-state index is 12.0. The summed E-state index contributed by atoms with van der Waals surface area (Å²) >= 11 is 0. The van der Waals surface area contributed by atoms with Crippen molar-refractivity contribution in [3.63, 3.8) is 0 Å². The Morgan fingerprint density at radius 2 is 1.75 bits per heavy atom. The van der Waals surface area contributed by atoms with E-state index < -0.39 is 10.0 Å². The predicted molar refractivity (Wildman–Crippen MR) is 105 cm³/mol. The van der Waals surface area contributed by atoms with Crippen molar-refractivity contribution in [1.29, 1.82) is 0 Å². The second kappa shape index (κ2) is 6.87. The number of hydrogen-bond donors (Lipinski definition) is 2. The number of benzene rings is 2. The number of sulfonamides is 1. The molecular weight excluding hydrogens is 380 g/mol. The number of carbonyl (C=O) groups excluding carboxylic acids is 1. The fourth-order valence-corrected chi connectivity index (χ4v) is 3.25. The minimum atomic E-state index is -3.74. The number of carbonyl (C=O) groups is 1. The number of hydrogen-bond acceptors (Lipinski definition) is 6. The predicted octanol–water partition coefficient (Wildman–Crippen LogP) is 2.37. The fourth-order valence-electron chi connectivity index (χ4n) is 2.73. The zero-order chi connectivity index (χ0) is 19.7. The van der Waals surface area contributed by atoms with Crippen molar-refractivity contribution in [3.8, 4) is 11.3 Å². The van der Waals surface area contributed by atoms with E-state index in [0.29, 0.717) is 28.3 Å². The zero-order valence-corrected chi connectivity index (χ0v) is 15.2. The largest absolute Gasteiger partial charge is 0.455 e. The van der Waals surface area contributed by atoms with Gasteiger partial charge >= 0.3 is 0 Å². The number of anilines is 1. The van der Waals surface area contributed by atoms with Gasteiger partial charge in [0.1, 0.15) is 11.5 Å². The number of furan rings is 1. The molecule has 2 heterocycles. The van der Waals surface area contributed by atoms with E-state index in [-0.39, 0.29) is 16.5 Å². The Kier molecular flexibility index (Phi) is 4.38. The molecule has 3 aromatic rings. The smallest absolute Gasteiger partial charge is 0.276 e. The van der Waals surface area contributed by atoms with Crippen LogP contribution in [0.2, 0.25) is 0 Å². The summed E-state index contributed by atoms with van der Waals surface area (Å²) in [6.45, 7) is 0. The lowest BCUT2D eigenvalue weighted by Crippen LogP contribution is -2.13. The van der Waals surface area contributed by atoms with Crippen LogP contribution >= 0.6 is 0 Å². The number of primary sulfonamides is 1. The number of rotatable bonds is 4. The van der Waals surface area contributed by atoms with Gasteiger partial charge in [-0.15, -0.1) is 5.10 Å². The highest BCUT2D eigenvalue weighted by molar-refractivity contribution is 7.89. The van der Waals surface area contributed by atoms with Crippen LogP contribution in [0.4, 0.5) is 5.69 Å². The van der Waals surface area contributed by atoms with Crippen LogP contribution in [0.25, 0.3) is 11.3 Å². The molecule has 2 aromatic carbocycles. The first kappa shape index (κ1) is 17.8. The van der Waals surface area contributed by atoms with Gasteiger partial charge in [0, 0.05) is 11.1 Å². The van der Waals surface area contributed by atoms with Crippen LogP contribution in [0, 0.1) is 0 Å². The number of nitrogens with two attached hydrogens (primary N) is 1. The molecule has 0 saturated carbocycles. The van der Waals surface area contributed by atoms with Crippen LogP contribution < -0.4 is 10.5 Å². The first-order valence-electron chi connectivity index (χ1n) is 8.17. The molecule has 1 amide bonds. The summed E-state index contributed by atoms with van der Waals surface area (Å²) in [6, 6.07) is 16.6. The van der Waals surface area contributed by atoms with Gasteiger partial charge in [0.25, 0.3) is 5.91 Å². The number of nitrogens with one attached hydrogen (secondary N) is 1. The first-order valence-corrected chi connectivity index (χ1v) is 9.71. The zero-order valence-electron chi connectivity index (χ0n) is 14.4. The van der Waals surface area contributed by atoms with Crippen molar-refractivity contribution in [2.45, 2.75) is 4.90 Å². The summed E-state index contributed by atoms with van der Waals surface area (Å²) in [5.74, 6) is 0.647. The molecule has 9 heteroatoms. The van der Waals surface area contributed by atoms with Crippen molar-refractivity contribution >= 4 is 33.5 Å². The Morgan fingerprint density at radius 1 is 1.00 bits per heavy atom. The molecule has 8 nitrogen and oxygen atoms in total. The van der Waals surface area contributed by atoms with Gasteiger partial charge < -0.3 is 9.73 Å². The Balaban J connectivity index is 1.53. The van der Waals surface area contributed by atoms with E-state index in [4.69, 9.17) is 9.56 Å². The molecule has 1 aromatic heterocycles. The van der Waals surface area contributed by atoms with Gasteiger partial charge in [-0.3, -0.25) is 4.79 Å². The average molecular weight is 394 g/mol. The number of para-hydroxylation sites is 1. The minimum absolute atomic E-state index is 0.0236. The number of nitrogens with zero attached hydrogens (tertiary/aromatic N) is 2. The van der Waals surface area contributed by atoms with Gasteiger partial charge in [-0.25, -0.2) is 13.6 Å². The number of amides is 1. The van der Waals surface area contributed by atoms with Crippen LogP contribution in [-0.2, 0) is 14.8 Å². The summed E-state index contributed by atoms with van der Waals surface area (Å²) < 4.78 is 28.3. The van der Waals surface area contributed by atoms with E-state index in [2.05, 4.69) is 15.5 Å². The van der Waals surface area contributed by atoms with Crippen LogP contribution in [0.5, 0.6) is 0 Å². The van der Waals surface area contributed by atoms with E-state index in [0.717, 1.165) is 0 Å². The monoisotopic (exact) mass is 394 g/mol. The van der Waals surface area contributed by atoms with Crippen molar-refractivity contribution in [1.82, 2.24) is 0 Å². The maximum atomic E-state index is 12.0. The Morgan fingerprint density at radius 3 is 2.50 bits per heavy atom. The van der Waals surface area contributed by atoms with Crippen LogP contribution in [0.3, 0.4) is 0 Å². The van der Waals surface area contributed by atoms with Gasteiger partial charge in [0.2, 0.25) is 10.0 Å². The molecule has 3 N–H and O–H groups in total. The summed E-state index contributed by atoms with van der Waals surface area (Å²) in [7, 11) is -3.74. The normalized spacial score (nSPS) is 15.2. The molecule has 0 atom stereocenters. The highest BCUT2D eigenvalue weighted by Gasteiger charge is 2.25. The maximum Gasteiger partial charge on any atom is 0.276 e. The van der Waals surface area contributed by atoms with Crippen LogP contribution in [0.1, 0.15) is 11.3 Å². The molecule has 0 radical (unpaired) electrons. The van der Waals surface area contributed by atoms with Crippen molar-refractivity contribution < 1.29 is 17.6 Å². The third-order valence-corrected chi connectivity index (χ3v) is 5.01. The SMILES string of the molecule is NS(=O)(=O)c1ccc(-c2ccc(C=N/N=C3\C(=O)Nc4ccccc43)o2)cc1. The highest BCUT2D eigenvalue weighted by atomic mass is 32.2. The topological polar surface area (TPSA) is 127 Å². The summed E-state index contributed by atoms with van der Waals surface area (Å²) in [5, 5.41) is 15.7. The van der Waals surface area contributed by atoms with Crippen LogP contribution in [0.15, 0.2) is 80.2 Å². The highest BCUT2D eigenvalue weighted by Crippen LogP contribution is 2.24. The van der Waals surface area contributed by atoms with Gasteiger partial charge in [-0.2, -0.15) is 5.10 Å². The van der Waals surface area contributed by atoms with Crippen molar-refractivity contribution in [3.05, 3.63) is 72.0 Å². The molecule has 1 aliphatic rings. The Labute approximate surface area is 160 Å². The molecular formula is C19H14N4O4S. The number of fused-ring (bicyclic) bond motifs is 1. The summed E-state index contributed by atoms with van der Waals surface area (Å²) in [6.07, 6.45) is 1.39. The lowest BCUT2D eigenvalue weighted by Gasteiger charge is -2.00. The van der Waals surface area contributed by atoms with E-state index in [1.807, 2.05) is 12.1 Å². The molecule has 0 spiro atoms. The molecule has 0 unspecified atom stereocenters.